The summed E-state index contributed by atoms with van der Waals surface area (Å²) in [5.74, 6) is -0.610. The first-order valence-electron chi connectivity index (χ1n) is 8.65. The molecule has 0 unspecified atom stereocenters. The van der Waals surface area contributed by atoms with Crippen LogP contribution in [0.3, 0.4) is 0 Å². The van der Waals surface area contributed by atoms with E-state index in [9.17, 15) is 25.0 Å². The number of carbonyl (C=O) groups is 1. The van der Waals surface area contributed by atoms with Crippen LogP contribution in [0.2, 0.25) is 0 Å². The van der Waals surface area contributed by atoms with Crippen molar-refractivity contribution in [2.75, 3.05) is 43.6 Å². The van der Waals surface area contributed by atoms with Crippen LogP contribution in [0.15, 0.2) is 36.4 Å². The maximum Gasteiger partial charge on any atom is 0.311 e. The maximum atomic E-state index is 12.5. The number of nitrogens with one attached hydrogen (secondary N) is 1. The number of rotatable bonds is 6. The second-order valence-electron chi connectivity index (χ2n) is 6.16. The molecular weight excluding hydrogens is 384 g/mol. The molecule has 1 saturated heterocycles. The molecule has 0 saturated carbocycles. The summed E-state index contributed by atoms with van der Waals surface area (Å²) in [7, 11) is 1.29. The number of anilines is 2. The lowest BCUT2D eigenvalue weighted by Crippen LogP contribution is -2.36. The van der Waals surface area contributed by atoms with Crippen molar-refractivity contribution in [3.63, 3.8) is 0 Å². The fourth-order valence-corrected chi connectivity index (χ4v) is 3.00. The van der Waals surface area contributed by atoms with E-state index in [1.54, 1.807) is 12.1 Å². The van der Waals surface area contributed by atoms with Gasteiger partial charge in [0.1, 0.15) is 5.69 Å². The molecule has 0 aromatic heterocycles. The van der Waals surface area contributed by atoms with E-state index in [-0.39, 0.29) is 28.4 Å². The lowest BCUT2D eigenvalue weighted by molar-refractivity contribution is -0.385. The van der Waals surface area contributed by atoms with Gasteiger partial charge in [-0.25, -0.2) is 0 Å². The second-order valence-corrected chi connectivity index (χ2v) is 6.16. The Kier molecular flexibility index (Phi) is 5.88. The summed E-state index contributed by atoms with van der Waals surface area (Å²) in [6, 6.07) is 8.16. The molecule has 1 aliphatic heterocycles. The number of hydrogen-bond donors (Lipinski definition) is 1. The number of carbonyl (C=O) groups excluding carboxylic acids is 1. The number of morpholine rings is 1. The topological polar surface area (TPSA) is 137 Å². The normalized spacial score (nSPS) is 13.6. The van der Waals surface area contributed by atoms with Gasteiger partial charge in [-0.05, 0) is 24.3 Å². The average Bonchev–Trinajstić information content (AvgIpc) is 2.73. The first-order valence-corrected chi connectivity index (χ1v) is 8.65. The van der Waals surface area contributed by atoms with Gasteiger partial charge in [0.25, 0.3) is 11.6 Å². The fraction of sp³-hybridized carbons (Fsp3) is 0.278. The number of hydrogen-bond acceptors (Lipinski definition) is 8. The smallest absolute Gasteiger partial charge is 0.311 e. The molecule has 1 amide bonds. The molecule has 29 heavy (non-hydrogen) atoms. The van der Waals surface area contributed by atoms with Crippen LogP contribution >= 0.6 is 0 Å². The molecule has 0 spiro atoms. The summed E-state index contributed by atoms with van der Waals surface area (Å²) in [5.41, 5.74) is 0.171. The molecule has 0 atom stereocenters. The standard InChI is InChI=1S/C18H18N4O7/c1-28-17-5-2-12(10-16(17)22(26)27)18(23)19-13-3-4-14(15(11-13)21(24)25)20-6-8-29-9-7-20/h2-5,10-11H,6-9H2,1H3,(H,19,23). The molecule has 152 valence electrons. The van der Waals surface area contributed by atoms with Crippen LogP contribution < -0.4 is 15.0 Å². The second kappa shape index (κ2) is 8.52. The van der Waals surface area contributed by atoms with Crippen molar-refractivity contribution >= 4 is 28.7 Å². The van der Waals surface area contributed by atoms with E-state index in [1.807, 2.05) is 4.90 Å². The summed E-state index contributed by atoms with van der Waals surface area (Å²) >= 11 is 0. The van der Waals surface area contributed by atoms with Crippen LogP contribution in [0.5, 0.6) is 5.75 Å². The third kappa shape index (κ3) is 4.41. The van der Waals surface area contributed by atoms with E-state index in [1.165, 1.54) is 25.3 Å². The predicted molar refractivity (Wildman–Crippen MR) is 104 cm³/mol. The van der Waals surface area contributed by atoms with Crippen LogP contribution in [0, 0.1) is 20.2 Å². The highest BCUT2D eigenvalue weighted by Gasteiger charge is 2.23. The highest BCUT2D eigenvalue weighted by Crippen LogP contribution is 2.32. The van der Waals surface area contributed by atoms with Crippen LogP contribution in [0.4, 0.5) is 22.7 Å². The van der Waals surface area contributed by atoms with E-state index >= 15 is 0 Å². The monoisotopic (exact) mass is 402 g/mol. The molecule has 1 fully saturated rings. The number of nitrogens with zero attached hydrogens (tertiary/aromatic N) is 3. The van der Waals surface area contributed by atoms with Crippen LogP contribution in [-0.2, 0) is 4.74 Å². The average molecular weight is 402 g/mol. The molecule has 1 aliphatic rings. The Hall–Kier alpha value is -3.73. The van der Waals surface area contributed by atoms with Gasteiger partial charge >= 0.3 is 5.69 Å². The van der Waals surface area contributed by atoms with Crippen molar-refractivity contribution in [3.05, 3.63) is 62.2 Å². The third-order valence-electron chi connectivity index (χ3n) is 4.42. The van der Waals surface area contributed by atoms with Gasteiger partial charge in [-0.3, -0.25) is 25.0 Å². The van der Waals surface area contributed by atoms with Gasteiger partial charge < -0.3 is 19.7 Å². The minimum atomic E-state index is -0.655. The first kappa shape index (κ1) is 20.0. The highest BCUT2D eigenvalue weighted by atomic mass is 16.6. The molecule has 0 aliphatic carbocycles. The molecule has 2 aromatic rings. The molecule has 11 heteroatoms. The largest absolute Gasteiger partial charge is 0.490 e. The van der Waals surface area contributed by atoms with Crippen molar-refractivity contribution in [2.45, 2.75) is 0 Å². The number of nitro benzene ring substituents is 2. The minimum absolute atomic E-state index is 0.0250. The summed E-state index contributed by atoms with van der Waals surface area (Å²) in [5, 5.41) is 25.2. The number of methoxy groups -OCH3 is 1. The minimum Gasteiger partial charge on any atom is -0.490 e. The zero-order chi connectivity index (χ0) is 21.0. The Balaban J connectivity index is 1.85. The van der Waals surface area contributed by atoms with Crippen LogP contribution in [0.1, 0.15) is 10.4 Å². The van der Waals surface area contributed by atoms with Gasteiger partial charge in [-0.2, -0.15) is 0 Å². The quantitative estimate of drug-likeness (QED) is 0.575. The van der Waals surface area contributed by atoms with Crippen molar-refractivity contribution in [3.8, 4) is 5.75 Å². The lowest BCUT2D eigenvalue weighted by Gasteiger charge is -2.28. The highest BCUT2D eigenvalue weighted by molar-refractivity contribution is 6.05. The molecule has 1 N–H and O–H groups in total. The maximum absolute atomic E-state index is 12.5. The molecule has 0 radical (unpaired) electrons. The summed E-state index contributed by atoms with van der Waals surface area (Å²) in [6.07, 6.45) is 0. The first-order chi connectivity index (χ1) is 13.9. The third-order valence-corrected chi connectivity index (χ3v) is 4.42. The van der Waals surface area contributed by atoms with Crippen molar-refractivity contribution in [1.82, 2.24) is 0 Å². The number of amides is 1. The number of benzene rings is 2. The van der Waals surface area contributed by atoms with E-state index in [4.69, 9.17) is 9.47 Å². The summed E-state index contributed by atoms with van der Waals surface area (Å²) in [6.45, 7) is 2.02. The molecular formula is C18H18N4O7. The van der Waals surface area contributed by atoms with Gasteiger partial charge in [0.05, 0.1) is 30.2 Å². The number of nitro groups is 2. The van der Waals surface area contributed by atoms with Crippen molar-refractivity contribution in [2.24, 2.45) is 0 Å². The van der Waals surface area contributed by atoms with Crippen LogP contribution in [0.25, 0.3) is 0 Å². The van der Waals surface area contributed by atoms with E-state index in [0.717, 1.165) is 6.07 Å². The Morgan fingerprint density at radius 3 is 2.38 bits per heavy atom. The van der Waals surface area contributed by atoms with Gasteiger partial charge in [0, 0.05) is 36.5 Å². The van der Waals surface area contributed by atoms with Crippen LogP contribution in [-0.4, -0.2) is 49.2 Å². The van der Waals surface area contributed by atoms with Crippen molar-refractivity contribution in [1.29, 1.82) is 0 Å². The fourth-order valence-electron chi connectivity index (χ4n) is 3.00. The van der Waals surface area contributed by atoms with Gasteiger partial charge in [-0.15, -0.1) is 0 Å². The summed E-state index contributed by atoms with van der Waals surface area (Å²) in [4.78, 5) is 35.8. The van der Waals surface area contributed by atoms with Crippen molar-refractivity contribution < 1.29 is 24.1 Å². The SMILES string of the molecule is COc1ccc(C(=O)Nc2ccc(N3CCOCC3)c([N+](=O)[O-])c2)cc1[N+](=O)[O-]. The van der Waals surface area contributed by atoms with E-state index in [2.05, 4.69) is 5.32 Å². The Labute approximate surface area is 165 Å². The van der Waals surface area contributed by atoms with E-state index < -0.39 is 15.8 Å². The van der Waals surface area contributed by atoms with Gasteiger partial charge in [-0.1, -0.05) is 0 Å². The Morgan fingerprint density at radius 2 is 1.76 bits per heavy atom. The zero-order valence-corrected chi connectivity index (χ0v) is 15.5. The molecule has 1 heterocycles. The molecule has 11 nitrogen and oxygen atoms in total. The Morgan fingerprint density at radius 1 is 1.07 bits per heavy atom. The lowest BCUT2D eigenvalue weighted by atomic mass is 10.1. The summed E-state index contributed by atoms with van der Waals surface area (Å²) < 4.78 is 10.2. The predicted octanol–water partition coefficient (Wildman–Crippen LogP) is 2.60. The molecule has 3 rings (SSSR count). The van der Waals surface area contributed by atoms with Gasteiger partial charge in [0.15, 0.2) is 5.75 Å². The Bertz CT molecular complexity index is 957. The number of ether oxygens (including phenoxy) is 2. The molecule has 0 bridgehead atoms. The molecule has 2 aromatic carbocycles. The zero-order valence-electron chi connectivity index (χ0n) is 15.5. The van der Waals surface area contributed by atoms with E-state index in [0.29, 0.717) is 32.0 Å². The van der Waals surface area contributed by atoms with Gasteiger partial charge in [0.2, 0.25) is 0 Å².